The standard InChI is InChI=1S/C13H17ClN2O/c1-15(6-5-14)9-10-3-4-12-11(7-10)8-13(17)16(12)2/h3-4,7H,5-6,8-9H2,1-2H3. The van der Waals surface area contributed by atoms with Crippen LogP contribution in [0.15, 0.2) is 18.2 Å². The Morgan fingerprint density at radius 1 is 1.47 bits per heavy atom. The number of rotatable bonds is 4. The van der Waals surface area contributed by atoms with Crippen LogP contribution in [0.25, 0.3) is 0 Å². The summed E-state index contributed by atoms with van der Waals surface area (Å²) in [6.07, 6.45) is 0.527. The Labute approximate surface area is 107 Å². The molecule has 1 aliphatic heterocycles. The maximum absolute atomic E-state index is 11.6. The van der Waals surface area contributed by atoms with Crippen molar-refractivity contribution in [3.05, 3.63) is 29.3 Å². The molecule has 1 aromatic carbocycles. The van der Waals surface area contributed by atoms with Gasteiger partial charge < -0.3 is 9.80 Å². The van der Waals surface area contributed by atoms with Gasteiger partial charge in [0.1, 0.15) is 0 Å². The minimum absolute atomic E-state index is 0.172. The van der Waals surface area contributed by atoms with Gasteiger partial charge in [-0.3, -0.25) is 4.79 Å². The fourth-order valence-electron chi connectivity index (χ4n) is 2.16. The molecular weight excluding hydrogens is 236 g/mol. The van der Waals surface area contributed by atoms with Crippen LogP contribution < -0.4 is 4.90 Å². The molecule has 92 valence electrons. The van der Waals surface area contributed by atoms with E-state index in [1.807, 2.05) is 20.2 Å². The molecule has 2 rings (SSSR count). The Hall–Kier alpha value is -1.06. The van der Waals surface area contributed by atoms with E-state index in [9.17, 15) is 4.79 Å². The van der Waals surface area contributed by atoms with Gasteiger partial charge in [0.2, 0.25) is 5.91 Å². The first kappa shape index (κ1) is 12.4. The molecule has 0 radical (unpaired) electrons. The zero-order chi connectivity index (χ0) is 12.4. The van der Waals surface area contributed by atoms with E-state index in [1.54, 1.807) is 4.90 Å². The predicted molar refractivity (Wildman–Crippen MR) is 70.6 cm³/mol. The summed E-state index contributed by atoms with van der Waals surface area (Å²) in [5, 5.41) is 0. The van der Waals surface area contributed by atoms with Crippen molar-refractivity contribution in [3.8, 4) is 0 Å². The average molecular weight is 253 g/mol. The van der Waals surface area contributed by atoms with Crippen LogP contribution in [-0.2, 0) is 17.8 Å². The van der Waals surface area contributed by atoms with Gasteiger partial charge in [-0.15, -0.1) is 11.6 Å². The zero-order valence-corrected chi connectivity index (χ0v) is 11.0. The van der Waals surface area contributed by atoms with E-state index in [1.165, 1.54) is 5.56 Å². The van der Waals surface area contributed by atoms with Gasteiger partial charge in [-0.2, -0.15) is 0 Å². The summed E-state index contributed by atoms with van der Waals surface area (Å²) < 4.78 is 0. The second-order valence-electron chi connectivity index (χ2n) is 4.52. The summed E-state index contributed by atoms with van der Waals surface area (Å²) in [7, 11) is 3.88. The molecule has 0 fully saturated rings. The van der Waals surface area contributed by atoms with Crippen molar-refractivity contribution in [1.29, 1.82) is 0 Å². The Bertz CT molecular complexity index is 433. The highest BCUT2D eigenvalue weighted by molar-refractivity contribution is 6.18. The number of amides is 1. The lowest BCUT2D eigenvalue weighted by atomic mass is 10.1. The smallest absolute Gasteiger partial charge is 0.231 e. The third-order valence-electron chi connectivity index (χ3n) is 3.14. The van der Waals surface area contributed by atoms with Crippen molar-refractivity contribution >= 4 is 23.2 Å². The van der Waals surface area contributed by atoms with Crippen molar-refractivity contribution in [3.63, 3.8) is 0 Å². The number of benzene rings is 1. The summed E-state index contributed by atoms with van der Waals surface area (Å²) >= 11 is 5.70. The van der Waals surface area contributed by atoms with Crippen molar-refractivity contribution < 1.29 is 4.79 Å². The van der Waals surface area contributed by atoms with E-state index in [0.29, 0.717) is 12.3 Å². The Kier molecular flexibility index (Phi) is 3.69. The predicted octanol–water partition coefficient (Wildman–Crippen LogP) is 1.88. The van der Waals surface area contributed by atoms with Crippen LogP contribution in [0.1, 0.15) is 11.1 Å². The molecule has 3 nitrogen and oxygen atoms in total. The normalized spacial score (nSPS) is 14.6. The number of nitrogens with zero attached hydrogens (tertiary/aromatic N) is 2. The van der Waals surface area contributed by atoms with Gasteiger partial charge in [-0.05, 0) is 24.2 Å². The summed E-state index contributed by atoms with van der Waals surface area (Å²) in [5.74, 6) is 0.814. The van der Waals surface area contributed by atoms with E-state index in [0.717, 1.165) is 24.3 Å². The van der Waals surface area contributed by atoms with Crippen molar-refractivity contribution in [2.45, 2.75) is 13.0 Å². The second-order valence-corrected chi connectivity index (χ2v) is 4.90. The van der Waals surface area contributed by atoms with Crippen molar-refractivity contribution in [2.75, 3.05) is 31.4 Å². The van der Waals surface area contributed by atoms with Crippen LogP contribution in [0.2, 0.25) is 0 Å². The van der Waals surface area contributed by atoms with Crippen LogP contribution >= 0.6 is 11.6 Å². The van der Waals surface area contributed by atoms with E-state index in [-0.39, 0.29) is 5.91 Å². The van der Waals surface area contributed by atoms with E-state index in [4.69, 9.17) is 11.6 Å². The molecule has 17 heavy (non-hydrogen) atoms. The Morgan fingerprint density at radius 3 is 2.94 bits per heavy atom. The highest BCUT2D eigenvalue weighted by atomic mass is 35.5. The van der Waals surface area contributed by atoms with Crippen LogP contribution in [-0.4, -0.2) is 37.3 Å². The van der Waals surface area contributed by atoms with Crippen LogP contribution in [0.4, 0.5) is 5.69 Å². The summed E-state index contributed by atoms with van der Waals surface area (Å²) in [5.41, 5.74) is 3.41. The average Bonchev–Trinajstić information content (AvgIpc) is 2.55. The third-order valence-corrected chi connectivity index (χ3v) is 3.31. The fraction of sp³-hybridized carbons (Fsp3) is 0.462. The minimum atomic E-state index is 0.172. The maximum atomic E-state index is 11.6. The van der Waals surface area contributed by atoms with E-state index >= 15 is 0 Å². The van der Waals surface area contributed by atoms with Gasteiger partial charge in [-0.25, -0.2) is 0 Å². The van der Waals surface area contributed by atoms with Gasteiger partial charge in [0.05, 0.1) is 6.42 Å². The number of halogens is 1. The zero-order valence-electron chi connectivity index (χ0n) is 10.2. The van der Waals surface area contributed by atoms with Gasteiger partial charge in [0.15, 0.2) is 0 Å². The van der Waals surface area contributed by atoms with Gasteiger partial charge >= 0.3 is 0 Å². The first-order valence-corrected chi connectivity index (χ1v) is 6.28. The highest BCUT2D eigenvalue weighted by Crippen LogP contribution is 2.28. The molecule has 0 N–H and O–H groups in total. The molecule has 0 bridgehead atoms. The Morgan fingerprint density at radius 2 is 2.24 bits per heavy atom. The second kappa shape index (κ2) is 5.07. The number of hydrogen-bond acceptors (Lipinski definition) is 2. The molecule has 0 unspecified atom stereocenters. The maximum Gasteiger partial charge on any atom is 0.231 e. The molecule has 0 atom stereocenters. The van der Waals surface area contributed by atoms with Gasteiger partial charge in [0.25, 0.3) is 0 Å². The number of likely N-dealkylation sites (N-methyl/N-ethyl adjacent to an activating group) is 1. The Balaban J connectivity index is 2.13. The quantitative estimate of drug-likeness (QED) is 0.764. The highest BCUT2D eigenvalue weighted by Gasteiger charge is 2.23. The third kappa shape index (κ3) is 2.61. The topological polar surface area (TPSA) is 23.6 Å². The lowest BCUT2D eigenvalue weighted by molar-refractivity contribution is -0.117. The summed E-state index contributed by atoms with van der Waals surface area (Å²) in [6.45, 7) is 1.75. The van der Waals surface area contributed by atoms with Gasteiger partial charge in [-0.1, -0.05) is 12.1 Å². The monoisotopic (exact) mass is 252 g/mol. The molecule has 0 aliphatic carbocycles. The number of fused-ring (bicyclic) bond motifs is 1. The molecular formula is C13H17ClN2O. The molecule has 1 aliphatic rings. The van der Waals surface area contributed by atoms with Crippen LogP contribution in [0, 0.1) is 0 Å². The first-order valence-electron chi connectivity index (χ1n) is 5.74. The number of hydrogen-bond donors (Lipinski definition) is 0. The van der Waals surface area contributed by atoms with Crippen LogP contribution in [0.5, 0.6) is 0 Å². The summed E-state index contributed by atoms with van der Waals surface area (Å²) in [6, 6.07) is 6.24. The molecule has 0 saturated carbocycles. The lowest BCUT2D eigenvalue weighted by Gasteiger charge is -2.16. The minimum Gasteiger partial charge on any atom is -0.315 e. The number of carbonyl (C=O) groups excluding carboxylic acids is 1. The summed E-state index contributed by atoms with van der Waals surface area (Å²) in [4.78, 5) is 15.5. The molecule has 1 aromatic rings. The lowest BCUT2D eigenvalue weighted by Crippen LogP contribution is -2.20. The SMILES string of the molecule is CN(CCCl)Cc1ccc2c(c1)CC(=O)N2C. The van der Waals surface area contributed by atoms with Gasteiger partial charge in [0, 0.05) is 31.7 Å². The molecule has 1 heterocycles. The number of alkyl halides is 1. The first-order chi connectivity index (χ1) is 8.11. The number of anilines is 1. The molecule has 0 saturated heterocycles. The van der Waals surface area contributed by atoms with Crippen LogP contribution in [0.3, 0.4) is 0 Å². The molecule has 1 amide bonds. The molecule has 0 spiro atoms. The van der Waals surface area contributed by atoms with E-state index < -0.39 is 0 Å². The largest absolute Gasteiger partial charge is 0.315 e. The van der Waals surface area contributed by atoms with E-state index in [2.05, 4.69) is 17.0 Å². The van der Waals surface area contributed by atoms with Crippen molar-refractivity contribution in [2.24, 2.45) is 0 Å². The fourth-order valence-corrected chi connectivity index (χ4v) is 2.45. The number of carbonyl (C=O) groups is 1. The molecule has 0 aromatic heterocycles. The van der Waals surface area contributed by atoms with Crippen molar-refractivity contribution in [1.82, 2.24) is 4.90 Å². The molecule has 4 heteroatoms.